The van der Waals surface area contributed by atoms with Gasteiger partial charge < -0.3 is 18.9 Å². The topological polar surface area (TPSA) is 90.7 Å². The van der Waals surface area contributed by atoms with Gasteiger partial charge >= 0.3 is 0 Å². The van der Waals surface area contributed by atoms with E-state index in [9.17, 15) is 13.2 Å². The fraction of sp³-hybridized carbons (Fsp3) is 0.385. The van der Waals surface area contributed by atoms with Gasteiger partial charge in [0.15, 0.2) is 0 Å². The molecule has 0 radical (unpaired) electrons. The molecule has 4 rings (SSSR count). The van der Waals surface area contributed by atoms with Gasteiger partial charge in [0.05, 0.1) is 43.9 Å². The third-order valence-corrected chi connectivity index (χ3v) is 7.72. The van der Waals surface area contributed by atoms with Gasteiger partial charge in [0.1, 0.15) is 5.75 Å². The van der Waals surface area contributed by atoms with Crippen molar-refractivity contribution in [2.45, 2.75) is 49.9 Å². The van der Waals surface area contributed by atoms with Crippen LogP contribution in [0.5, 0.6) is 5.75 Å². The maximum Gasteiger partial charge on any atom is 0.254 e. The molecule has 1 amide bonds. The number of carbonyl (C=O) groups excluding carboxylic acids is 1. The van der Waals surface area contributed by atoms with Crippen LogP contribution in [-0.4, -0.2) is 55.1 Å². The summed E-state index contributed by atoms with van der Waals surface area (Å²) < 4.78 is 39.5. The van der Waals surface area contributed by atoms with E-state index in [2.05, 4.69) is 4.98 Å². The number of hydrogen-bond donors (Lipinski definition) is 0. The molecule has 35 heavy (non-hydrogen) atoms. The van der Waals surface area contributed by atoms with Crippen molar-refractivity contribution in [2.24, 2.45) is 0 Å². The Labute approximate surface area is 206 Å². The van der Waals surface area contributed by atoms with E-state index >= 15 is 0 Å². The van der Waals surface area contributed by atoms with E-state index in [4.69, 9.17) is 9.47 Å². The lowest BCUT2D eigenvalue weighted by molar-refractivity contribution is 0.0741. The fourth-order valence-electron chi connectivity index (χ4n) is 4.27. The Bertz CT molecular complexity index is 1250. The summed E-state index contributed by atoms with van der Waals surface area (Å²) in [6.07, 6.45) is 3.28. The van der Waals surface area contributed by atoms with Crippen LogP contribution in [0, 0.1) is 0 Å². The average molecular weight is 498 g/mol. The number of hydrogen-bond acceptors (Lipinski definition) is 6. The van der Waals surface area contributed by atoms with E-state index < -0.39 is 9.84 Å². The summed E-state index contributed by atoms with van der Waals surface area (Å²) in [5.41, 5.74) is 1.86. The van der Waals surface area contributed by atoms with Crippen LogP contribution >= 0.6 is 0 Å². The molecule has 1 saturated heterocycles. The van der Waals surface area contributed by atoms with Gasteiger partial charge in [0.2, 0.25) is 15.0 Å². The molecule has 0 bridgehead atoms. The number of nitrogens with zero attached hydrogens (tertiary/aromatic N) is 3. The minimum Gasteiger partial charge on any atom is -0.497 e. The number of imidazole rings is 1. The number of amides is 1. The summed E-state index contributed by atoms with van der Waals surface area (Å²) in [6.45, 7) is 3.62. The van der Waals surface area contributed by atoms with Gasteiger partial charge in [-0.1, -0.05) is 36.4 Å². The molecule has 1 unspecified atom stereocenters. The predicted octanol–water partition coefficient (Wildman–Crippen LogP) is 3.71. The molecule has 1 fully saturated rings. The van der Waals surface area contributed by atoms with Crippen LogP contribution in [0.15, 0.2) is 66.0 Å². The van der Waals surface area contributed by atoms with Crippen molar-refractivity contribution in [2.75, 3.05) is 20.3 Å². The van der Waals surface area contributed by atoms with Crippen LogP contribution in [-0.2, 0) is 33.4 Å². The van der Waals surface area contributed by atoms with E-state index in [1.165, 1.54) is 0 Å². The maximum atomic E-state index is 13.4. The van der Waals surface area contributed by atoms with Gasteiger partial charge in [-0.15, -0.1) is 0 Å². The van der Waals surface area contributed by atoms with Crippen LogP contribution in [0.3, 0.4) is 0 Å². The molecular weight excluding hydrogens is 466 g/mol. The van der Waals surface area contributed by atoms with Gasteiger partial charge in [-0.2, -0.15) is 0 Å². The zero-order chi connectivity index (χ0) is 24.8. The Balaban J connectivity index is 1.64. The third-order valence-electron chi connectivity index (χ3n) is 6.13. The second kappa shape index (κ2) is 11.0. The minimum atomic E-state index is -3.71. The van der Waals surface area contributed by atoms with Crippen molar-refractivity contribution in [3.8, 4) is 5.75 Å². The van der Waals surface area contributed by atoms with Crippen molar-refractivity contribution in [3.05, 3.63) is 77.6 Å². The molecular formula is C26H31N3O5S. The van der Waals surface area contributed by atoms with Crippen LogP contribution in [0.4, 0.5) is 0 Å². The molecule has 1 atom stereocenters. The molecule has 0 N–H and O–H groups in total. The number of rotatable bonds is 10. The van der Waals surface area contributed by atoms with Crippen molar-refractivity contribution in [1.29, 1.82) is 0 Å². The molecule has 1 aliphatic rings. The van der Waals surface area contributed by atoms with Crippen molar-refractivity contribution in [3.63, 3.8) is 0 Å². The maximum absolute atomic E-state index is 13.4. The van der Waals surface area contributed by atoms with Crippen LogP contribution in [0.1, 0.15) is 41.4 Å². The van der Waals surface area contributed by atoms with Crippen LogP contribution in [0.25, 0.3) is 0 Å². The SMILES string of the molecule is CCN(Cc1cnc(S(=O)(=O)Cc2ccccc2)n1CC1CCCO1)C(=O)c1cccc(OC)c1. The molecule has 1 aromatic heterocycles. The average Bonchev–Trinajstić information content (AvgIpc) is 3.53. The summed E-state index contributed by atoms with van der Waals surface area (Å²) in [6, 6.07) is 16.1. The Morgan fingerprint density at radius 2 is 2.00 bits per heavy atom. The van der Waals surface area contributed by atoms with Gasteiger partial charge in [-0.25, -0.2) is 13.4 Å². The molecule has 0 spiro atoms. The molecule has 2 heterocycles. The predicted molar refractivity (Wildman–Crippen MR) is 132 cm³/mol. The highest BCUT2D eigenvalue weighted by Gasteiger charge is 2.28. The first kappa shape index (κ1) is 24.9. The van der Waals surface area contributed by atoms with E-state index in [1.807, 2.05) is 25.1 Å². The van der Waals surface area contributed by atoms with E-state index in [0.717, 1.165) is 12.8 Å². The first-order valence-corrected chi connectivity index (χ1v) is 13.4. The number of carbonyl (C=O) groups is 1. The molecule has 0 saturated carbocycles. The molecule has 2 aromatic carbocycles. The molecule has 1 aliphatic heterocycles. The number of benzene rings is 2. The summed E-state index contributed by atoms with van der Waals surface area (Å²) in [4.78, 5) is 19.3. The summed E-state index contributed by atoms with van der Waals surface area (Å²) in [5.74, 6) is 0.297. The van der Waals surface area contributed by atoms with Crippen molar-refractivity contribution in [1.82, 2.24) is 14.5 Å². The van der Waals surface area contributed by atoms with Crippen molar-refractivity contribution >= 4 is 15.7 Å². The standard InChI is InChI=1S/C26H31N3O5S/c1-3-28(25(30)21-11-7-12-23(15-21)33-2)17-22-16-27-26(29(22)18-24-13-8-14-34-24)35(31,32)19-20-9-5-4-6-10-20/h4-7,9-12,15-16,24H,3,8,13-14,17-19H2,1-2H3. The normalized spacial score (nSPS) is 15.8. The largest absolute Gasteiger partial charge is 0.497 e. The Morgan fingerprint density at radius 1 is 1.20 bits per heavy atom. The zero-order valence-electron chi connectivity index (χ0n) is 20.1. The van der Waals surface area contributed by atoms with Gasteiger partial charge in [0.25, 0.3) is 5.91 Å². The lowest BCUT2D eigenvalue weighted by Gasteiger charge is -2.23. The summed E-state index contributed by atoms with van der Waals surface area (Å²) in [5, 5.41) is 0.0109. The highest BCUT2D eigenvalue weighted by molar-refractivity contribution is 7.90. The molecule has 186 valence electrons. The highest BCUT2D eigenvalue weighted by Crippen LogP contribution is 2.23. The first-order chi connectivity index (χ1) is 16.9. The lowest BCUT2D eigenvalue weighted by atomic mass is 10.2. The lowest BCUT2D eigenvalue weighted by Crippen LogP contribution is -2.32. The Kier molecular flexibility index (Phi) is 7.87. The van der Waals surface area contributed by atoms with Crippen LogP contribution < -0.4 is 4.74 Å². The quantitative estimate of drug-likeness (QED) is 0.424. The zero-order valence-corrected chi connectivity index (χ0v) is 20.9. The Morgan fingerprint density at radius 3 is 2.69 bits per heavy atom. The number of sulfone groups is 1. The van der Waals surface area contributed by atoms with Gasteiger partial charge in [0, 0.05) is 18.7 Å². The molecule has 8 nitrogen and oxygen atoms in total. The van der Waals surface area contributed by atoms with Crippen molar-refractivity contribution < 1.29 is 22.7 Å². The number of ether oxygens (including phenoxy) is 2. The third kappa shape index (κ3) is 5.91. The molecule has 0 aliphatic carbocycles. The van der Waals surface area contributed by atoms with E-state index in [-0.39, 0.29) is 29.5 Å². The minimum absolute atomic E-state index is 0.0109. The first-order valence-electron chi connectivity index (χ1n) is 11.8. The molecule has 9 heteroatoms. The smallest absolute Gasteiger partial charge is 0.254 e. The van der Waals surface area contributed by atoms with E-state index in [0.29, 0.717) is 42.3 Å². The Hall–Kier alpha value is -3.17. The second-order valence-corrected chi connectivity index (χ2v) is 10.5. The van der Waals surface area contributed by atoms with Gasteiger partial charge in [-0.3, -0.25) is 4.79 Å². The second-order valence-electron chi connectivity index (χ2n) is 8.57. The molecule has 3 aromatic rings. The van der Waals surface area contributed by atoms with Gasteiger partial charge in [-0.05, 0) is 43.5 Å². The van der Waals surface area contributed by atoms with Crippen LogP contribution in [0.2, 0.25) is 0 Å². The number of aromatic nitrogens is 2. The summed E-state index contributed by atoms with van der Waals surface area (Å²) >= 11 is 0. The van der Waals surface area contributed by atoms with E-state index in [1.54, 1.807) is 59.2 Å². The summed E-state index contributed by atoms with van der Waals surface area (Å²) in [7, 11) is -2.15. The highest BCUT2D eigenvalue weighted by atomic mass is 32.2. The number of methoxy groups -OCH3 is 1. The monoisotopic (exact) mass is 497 g/mol. The fourth-order valence-corrected chi connectivity index (χ4v) is 5.77.